The molecule has 0 spiro atoms. The van der Waals surface area contributed by atoms with Crippen LogP contribution >= 0.6 is 45.7 Å². The average Bonchev–Trinajstić information content (AvgIpc) is 4.23. The number of fused-ring (bicyclic) bond motifs is 4. The molecule has 10 rings (SSSR count). The molecule has 0 saturated heterocycles. The van der Waals surface area contributed by atoms with Crippen molar-refractivity contribution in [3.05, 3.63) is 140 Å². The molecule has 3 aromatic carbocycles. The molecular weight excluding hydrogens is 944 g/mol. The number of anilines is 3. The molecule has 6 aromatic heterocycles. The summed E-state index contributed by atoms with van der Waals surface area (Å²) in [5.41, 5.74) is 9.86. The molecule has 0 amide bonds. The van der Waals surface area contributed by atoms with Crippen molar-refractivity contribution in [2.45, 2.75) is 89.6 Å². The fourth-order valence-corrected chi connectivity index (χ4v) is 30.8. The first-order valence-corrected chi connectivity index (χ1v) is 32.2. The molecule has 1 aliphatic rings. The fourth-order valence-electron chi connectivity index (χ4n) is 10.3. The molecule has 0 aliphatic carbocycles. The van der Waals surface area contributed by atoms with E-state index in [2.05, 4.69) is 165 Å². The van der Waals surface area contributed by atoms with Gasteiger partial charge < -0.3 is 0 Å². The van der Waals surface area contributed by atoms with E-state index in [0.717, 1.165) is 56.1 Å². The Bertz CT molecular complexity index is 2950. The van der Waals surface area contributed by atoms with Crippen molar-refractivity contribution in [2.24, 2.45) is 11.8 Å². The SMILES string of the molecule is CCCCC(CC)[CH2][Ge]1([CH2]C(CC)CCCC)[c]2cc(-c3ccc(N(c4ccccc4)c4ccccc4)cc3)sc2-c2sc(-c3cnc(-c4ccc(-c5ccncc5)s4)c4nsnc34)c[c]21. The van der Waals surface area contributed by atoms with E-state index in [4.69, 9.17) is 13.7 Å². The summed E-state index contributed by atoms with van der Waals surface area (Å²) in [4.78, 5) is 19.9. The fraction of sp³-hybridized carbons (Fsp3) is 0.286. The minimum atomic E-state index is -3.04. The van der Waals surface area contributed by atoms with Gasteiger partial charge in [-0.2, -0.15) is 0 Å². The maximum absolute atomic E-state index is 5.21. The predicted octanol–water partition coefficient (Wildman–Crippen LogP) is 16.8. The molecule has 0 radical (unpaired) electrons. The monoisotopic (exact) mass is 1000 g/mol. The Hall–Kier alpha value is -4.78. The predicted molar refractivity (Wildman–Crippen MR) is 290 cm³/mol. The van der Waals surface area contributed by atoms with Gasteiger partial charge >= 0.3 is 395 Å². The van der Waals surface area contributed by atoms with Crippen LogP contribution in [-0.4, -0.2) is 32.0 Å². The minimum absolute atomic E-state index is 0.735. The van der Waals surface area contributed by atoms with Gasteiger partial charge in [0, 0.05) is 12.4 Å². The van der Waals surface area contributed by atoms with Crippen LogP contribution in [0.25, 0.3) is 62.7 Å². The third-order valence-corrected chi connectivity index (χ3v) is 30.1. The molecule has 5 nitrogen and oxygen atoms in total. The van der Waals surface area contributed by atoms with Crippen molar-refractivity contribution in [2.75, 3.05) is 4.90 Å². The second-order valence-electron chi connectivity index (χ2n) is 18.0. The Kier molecular flexibility index (Phi) is 13.8. The van der Waals surface area contributed by atoms with Crippen LogP contribution in [0.1, 0.15) is 79.1 Å². The number of aromatic nitrogens is 4. The number of pyridine rings is 2. The van der Waals surface area contributed by atoms with E-state index in [0.29, 0.717) is 0 Å². The van der Waals surface area contributed by atoms with Crippen LogP contribution in [0.15, 0.2) is 140 Å². The second kappa shape index (κ2) is 20.2. The first-order chi connectivity index (χ1) is 32.5. The Morgan fingerprint density at radius 1 is 0.545 bits per heavy atom. The van der Waals surface area contributed by atoms with Gasteiger partial charge in [0.15, 0.2) is 0 Å². The molecule has 7 heterocycles. The number of para-hydroxylation sites is 2. The van der Waals surface area contributed by atoms with Gasteiger partial charge in [-0.3, -0.25) is 4.98 Å². The maximum atomic E-state index is 5.21. The Morgan fingerprint density at radius 2 is 1.09 bits per heavy atom. The van der Waals surface area contributed by atoms with Crippen LogP contribution in [0.3, 0.4) is 0 Å². The van der Waals surface area contributed by atoms with Crippen molar-refractivity contribution in [1.29, 1.82) is 0 Å². The summed E-state index contributed by atoms with van der Waals surface area (Å²) in [6.07, 6.45) is 16.1. The molecule has 0 N–H and O–H groups in total. The molecule has 9 aromatic rings. The Balaban J connectivity index is 1.09. The summed E-state index contributed by atoms with van der Waals surface area (Å²) < 4.78 is 13.4. The summed E-state index contributed by atoms with van der Waals surface area (Å²) in [5, 5.41) is 2.74. The van der Waals surface area contributed by atoms with E-state index < -0.39 is 13.3 Å². The number of unbranched alkanes of at least 4 members (excludes halogenated alkanes) is 2. The number of rotatable bonds is 19. The zero-order chi connectivity index (χ0) is 45.0. The number of nitrogens with zero attached hydrogens (tertiary/aromatic N) is 5. The Morgan fingerprint density at radius 3 is 1.70 bits per heavy atom. The molecule has 1 aliphatic heterocycles. The van der Waals surface area contributed by atoms with E-state index in [1.807, 2.05) is 35.1 Å². The summed E-state index contributed by atoms with van der Waals surface area (Å²) in [6, 6.07) is 44.7. The summed E-state index contributed by atoms with van der Waals surface area (Å²) in [6.45, 7) is 9.64. The zero-order valence-electron chi connectivity index (χ0n) is 38.4. The van der Waals surface area contributed by atoms with Gasteiger partial charge in [0.25, 0.3) is 0 Å². The third-order valence-electron chi connectivity index (χ3n) is 13.9. The summed E-state index contributed by atoms with van der Waals surface area (Å²) in [5.74, 6) is 1.47. The molecule has 66 heavy (non-hydrogen) atoms. The van der Waals surface area contributed by atoms with Crippen LogP contribution in [0.2, 0.25) is 10.5 Å². The second-order valence-corrected chi connectivity index (χ2v) is 30.2. The normalized spacial score (nSPS) is 15.2. The van der Waals surface area contributed by atoms with Crippen molar-refractivity contribution in [1.82, 2.24) is 18.7 Å². The van der Waals surface area contributed by atoms with Crippen LogP contribution in [0.4, 0.5) is 17.1 Å². The molecule has 10 heteroatoms. The Labute approximate surface area is 409 Å². The van der Waals surface area contributed by atoms with E-state index in [1.165, 1.54) is 104 Å². The van der Waals surface area contributed by atoms with Crippen LogP contribution in [0, 0.1) is 11.8 Å². The van der Waals surface area contributed by atoms with Gasteiger partial charge in [-0.1, -0.05) is 0 Å². The van der Waals surface area contributed by atoms with E-state index in [-0.39, 0.29) is 0 Å². The van der Waals surface area contributed by atoms with Gasteiger partial charge in [-0.05, 0) is 0 Å². The van der Waals surface area contributed by atoms with Gasteiger partial charge in [0.05, 0.1) is 0 Å². The average molecular weight is 1000 g/mol. The molecule has 2 unspecified atom stereocenters. The van der Waals surface area contributed by atoms with E-state index >= 15 is 0 Å². The topological polar surface area (TPSA) is 54.8 Å². The van der Waals surface area contributed by atoms with Crippen molar-refractivity contribution >= 4 is 95.9 Å². The molecule has 2 atom stereocenters. The number of hydrogen-bond donors (Lipinski definition) is 0. The van der Waals surface area contributed by atoms with Gasteiger partial charge in [-0.25, -0.2) is 0 Å². The van der Waals surface area contributed by atoms with E-state index in [9.17, 15) is 0 Å². The summed E-state index contributed by atoms with van der Waals surface area (Å²) in [7, 11) is 0. The first kappa shape index (κ1) is 45.0. The van der Waals surface area contributed by atoms with Crippen molar-refractivity contribution in [3.8, 4) is 51.6 Å². The molecule has 0 bridgehead atoms. The molecule has 0 fully saturated rings. The molecule has 334 valence electrons. The van der Waals surface area contributed by atoms with Gasteiger partial charge in [-0.15, -0.1) is 0 Å². The summed E-state index contributed by atoms with van der Waals surface area (Å²) >= 11 is 4.06. The first-order valence-electron chi connectivity index (χ1n) is 23.9. The van der Waals surface area contributed by atoms with Crippen molar-refractivity contribution in [3.63, 3.8) is 0 Å². The van der Waals surface area contributed by atoms with E-state index in [1.54, 1.807) is 25.0 Å². The standard InChI is InChI=1S/C56H57GeN5S4/c1-5-9-17-38(7-3)35-57(36-39(8-4)18-10-6-2)46-33-50(40-23-25-44(26-24-40)62(42-19-13-11-14-20-42)43-21-15-12-16-22-43)64-55(46)56-47(57)34-51(65-56)45-37-59-53(54-52(45)60-66-61-54)49-28-27-48(63-49)41-29-31-58-32-30-41/h11-16,19-34,37-39H,5-10,17-18,35-36H2,1-4H3. The molecule has 0 saturated carbocycles. The zero-order valence-corrected chi connectivity index (χ0v) is 43.7. The molecular formula is C56H57GeN5S4. The van der Waals surface area contributed by atoms with Gasteiger partial charge in [0.1, 0.15) is 0 Å². The third kappa shape index (κ3) is 8.78. The number of thiophene rings is 3. The van der Waals surface area contributed by atoms with Crippen LogP contribution < -0.4 is 13.7 Å². The van der Waals surface area contributed by atoms with Crippen LogP contribution in [-0.2, 0) is 0 Å². The van der Waals surface area contributed by atoms with Crippen LogP contribution in [0.5, 0.6) is 0 Å². The van der Waals surface area contributed by atoms with Crippen molar-refractivity contribution < 1.29 is 0 Å². The quantitative estimate of drug-likeness (QED) is 0.0756. The number of benzene rings is 3. The number of hydrogen-bond acceptors (Lipinski definition) is 9. The van der Waals surface area contributed by atoms with Gasteiger partial charge in [0.2, 0.25) is 0 Å².